The van der Waals surface area contributed by atoms with Crippen LogP contribution in [0.4, 0.5) is 13.2 Å². The fourth-order valence-electron chi connectivity index (χ4n) is 2.66. The molecule has 0 fully saturated rings. The molecule has 1 aromatic carbocycles. The van der Waals surface area contributed by atoms with E-state index in [-0.39, 0.29) is 23.8 Å². The maximum Gasteiger partial charge on any atom is 0.433 e. The number of ether oxygens (including phenoxy) is 1. The monoisotopic (exact) mass is 371 g/mol. The van der Waals surface area contributed by atoms with E-state index >= 15 is 0 Å². The zero-order chi connectivity index (χ0) is 18.9. The number of hydrogen-bond acceptors (Lipinski definition) is 5. The summed E-state index contributed by atoms with van der Waals surface area (Å²) in [6, 6.07) is 15.5. The van der Waals surface area contributed by atoms with E-state index < -0.39 is 11.9 Å². The Morgan fingerprint density at radius 1 is 0.963 bits per heavy atom. The third-order valence-electron chi connectivity index (χ3n) is 3.90. The molecular weight excluding hydrogens is 359 g/mol. The molecule has 5 nitrogen and oxygen atoms in total. The van der Waals surface area contributed by atoms with Gasteiger partial charge in [-0.15, -0.1) is 0 Å². The molecule has 3 aromatic heterocycles. The van der Waals surface area contributed by atoms with Gasteiger partial charge in [-0.25, -0.2) is 0 Å². The number of alkyl halides is 3. The lowest BCUT2D eigenvalue weighted by Crippen LogP contribution is -2.13. The summed E-state index contributed by atoms with van der Waals surface area (Å²) in [4.78, 5) is 7.57. The number of hydrogen-bond donors (Lipinski definition) is 0. The first-order chi connectivity index (χ1) is 13.0. The van der Waals surface area contributed by atoms with Crippen molar-refractivity contribution in [2.75, 3.05) is 0 Å². The largest absolute Gasteiger partial charge is 0.473 e. The van der Waals surface area contributed by atoms with Gasteiger partial charge in [-0.05, 0) is 12.1 Å². The number of rotatable bonds is 4. The molecule has 0 unspecified atom stereocenters. The molecule has 0 saturated carbocycles. The number of halogens is 3. The SMILES string of the molecule is FC(F)(F)c1ncccc1COc1ccc2c(-c3ccccc3)noc2n1. The smallest absolute Gasteiger partial charge is 0.433 e. The summed E-state index contributed by atoms with van der Waals surface area (Å²) in [5, 5.41) is 4.71. The van der Waals surface area contributed by atoms with Crippen molar-refractivity contribution in [3.05, 3.63) is 72.1 Å². The second-order valence-electron chi connectivity index (χ2n) is 5.70. The predicted molar refractivity (Wildman–Crippen MR) is 90.8 cm³/mol. The second kappa shape index (κ2) is 6.71. The van der Waals surface area contributed by atoms with Crippen molar-refractivity contribution in [2.24, 2.45) is 0 Å². The van der Waals surface area contributed by atoms with Gasteiger partial charge in [0.2, 0.25) is 5.88 Å². The highest BCUT2D eigenvalue weighted by Crippen LogP contribution is 2.31. The molecule has 136 valence electrons. The van der Waals surface area contributed by atoms with Gasteiger partial charge in [0, 0.05) is 23.4 Å². The summed E-state index contributed by atoms with van der Waals surface area (Å²) in [6.07, 6.45) is -3.46. The van der Waals surface area contributed by atoms with E-state index in [1.54, 1.807) is 12.1 Å². The average molecular weight is 371 g/mol. The Morgan fingerprint density at radius 2 is 1.78 bits per heavy atom. The summed E-state index contributed by atoms with van der Waals surface area (Å²) < 4.78 is 49.6. The molecule has 0 amide bonds. The third kappa shape index (κ3) is 3.46. The maximum absolute atomic E-state index is 13.0. The highest BCUT2D eigenvalue weighted by Gasteiger charge is 2.35. The van der Waals surface area contributed by atoms with Crippen molar-refractivity contribution in [3.63, 3.8) is 0 Å². The Balaban J connectivity index is 1.58. The zero-order valence-electron chi connectivity index (χ0n) is 13.8. The molecule has 3 heterocycles. The van der Waals surface area contributed by atoms with Crippen LogP contribution < -0.4 is 4.74 Å². The Morgan fingerprint density at radius 3 is 2.56 bits per heavy atom. The molecular formula is C19H12F3N3O2. The van der Waals surface area contributed by atoms with E-state index in [0.717, 1.165) is 11.8 Å². The lowest BCUT2D eigenvalue weighted by atomic mass is 10.1. The molecule has 0 atom stereocenters. The Labute approximate surface area is 151 Å². The normalized spacial score (nSPS) is 11.7. The van der Waals surface area contributed by atoms with Crippen LogP contribution in [0.1, 0.15) is 11.3 Å². The van der Waals surface area contributed by atoms with Crippen molar-refractivity contribution in [1.82, 2.24) is 15.1 Å². The molecule has 0 N–H and O–H groups in total. The molecule has 8 heteroatoms. The first-order valence-corrected chi connectivity index (χ1v) is 7.98. The first-order valence-electron chi connectivity index (χ1n) is 7.98. The first kappa shape index (κ1) is 17.0. The van der Waals surface area contributed by atoms with E-state index in [1.807, 2.05) is 30.3 Å². The number of benzene rings is 1. The fourth-order valence-corrected chi connectivity index (χ4v) is 2.66. The van der Waals surface area contributed by atoms with Crippen molar-refractivity contribution in [2.45, 2.75) is 12.8 Å². The second-order valence-corrected chi connectivity index (χ2v) is 5.70. The molecule has 0 radical (unpaired) electrons. The quantitative estimate of drug-likeness (QED) is 0.512. The van der Waals surface area contributed by atoms with Gasteiger partial charge >= 0.3 is 6.18 Å². The van der Waals surface area contributed by atoms with Gasteiger partial charge in [-0.2, -0.15) is 18.2 Å². The van der Waals surface area contributed by atoms with Crippen molar-refractivity contribution < 1.29 is 22.4 Å². The van der Waals surface area contributed by atoms with Crippen LogP contribution in [0.2, 0.25) is 0 Å². The summed E-state index contributed by atoms with van der Waals surface area (Å²) in [5.74, 6) is 0.134. The van der Waals surface area contributed by atoms with Crippen molar-refractivity contribution >= 4 is 11.1 Å². The van der Waals surface area contributed by atoms with Crippen LogP contribution in [0.25, 0.3) is 22.4 Å². The molecule has 4 rings (SSSR count). The van der Waals surface area contributed by atoms with Crippen molar-refractivity contribution in [3.8, 4) is 17.1 Å². The molecule has 0 aliphatic carbocycles. The highest BCUT2D eigenvalue weighted by atomic mass is 19.4. The van der Waals surface area contributed by atoms with E-state index in [0.29, 0.717) is 11.1 Å². The van der Waals surface area contributed by atoms with Gasteiger partial charge < -0.3 is 9.26 Å². The van der Waals surface area contributed by atoms with Gasteiger partial charge in [0.15, 0.2) is 5.69 Å². The molecule has 0 bridgehead atoms. The topological polar surface area (TPSA) is 61.0 Å². The molecule has 4 aromatic rings. The van der Waals surface area contributed by atoms with E-state index in [9.17, 15) is 13.2 Å². The van der Waals surface area contributed by atoms with E-state index in [4.69, 9.17) is 9.26 Å². The zero-order valence-corrected chi connectivity index (χ0v) is 13.8. The number of aromatic nitrogens is 3. The maximum atomic E-state index is 13.0. The van der Waals surface area contributed by atoms with Gasteiger partial charge in [-0.1, -0.05) is 41.6 Å². The van der Waals surface area contributed by atoms with Gasteiger partial charge in [0.1, 0.15) is 12.3 Å². The van der Waals surface area contributed by atoms with Crippen LogP contribution in [0.15, 0.2) is 65.3 Å². The van der Waals surface area contributed by atoms with Gasteiger partial charge in [0.25, 0.3) is 5.71 Å². The Hall–Kier alpha value is -3.42. The predicted octanol–water partition coefficient (Wildman–Crippen LogP) is 4.88. The Kier molecular flexibility index (Phi) is 4.23. The number of fused-ring (bicyclic) bond motifs is 1. The minimum Gasteiger partial charge on any atom is -0.473 e. The molecule has 0 spiro atoms. The number of pyridine rings is 2. The minimum absolute atomic E-state index is 0.0746. The summed E-state index contributed by atoms with van der Waals surface area (Å²) in [7, 11) is 0. The van der Waals surface area contributed by atoms with E-state index in [1.165, 1.54) is 12.1 Å². The average Bonchev–Trinajstić information content (AvgIpc) is 3.10. The summed E-state index contributed by atoms with van der Waals surface area (Å²) in [6.45, 7) is -0.319. The molecule has 0 aliphatic heterocycles. The standard InChI is InChI=1S/C19H12F3N3O2/c20-19(21,22)17-13(7-4-10-23-17)11-26-15-9-8-14-16(25-27-18(14)24-15)12-5-2-1-3-6-12/h1-10H,11H2. The van der Waals surface area contributed by atoms with Crippen LogP contribution in [0.3, 0.4) is 0 Å². The van der Waals surface area contributed by atoms with Crippen LogP contribution in [-0.2, 0) is 12.8 Å². The van der Waals surface area contributed by atoms with E-state index in [2.05, 4.69) is 15.1 Å². The van der Waals surface area contributed by atoms with Gasteiger partial charge in [0.05, 0.1) is 5.39 Å². The van der Waals surface area contributed by atoms with Crippen molar-refractivity contribution in [1.29, 1.82) is 0 Å². The molecule has 27 heavy (non-hydrogen) atoms. The van der Waals surface area contributed by atoms with Crippen LogP contribution in [-0.4, -0.2) is 15.1 Å². The molecule has 0 aliphatic rings. The lowest BCUT2D eigenvalue weighted by molar-refractivity contribution is -0.142. The van der Waals surface area contributed by atoms with Crippen LogP contribution >= 0.6 is 0 Å². The fraction of sp³-hybridized carbons (Fsp3) is 0.105. The summed E-state index contributed by atoms with van der Waals surface area (Å²) >= 11 is 0. The Bertz CT molecular complexity index is 1080. The third-order valence-corrected chi connectivity index (χ3v) is 3.90. The van der Waals surface area contributed by atoms with Gasteiger partial charge in [-0.3, -0.25) is 4.98 Å². The minimum atomic E-state index is -4.55. The molecule has 0 saturated heterocycles. The number of nitrogens with zero attached hydrogens (tertiary/aromatic N) is 3. The van der Waals surface area contributed by atoms with Crippen LogP contribution in [0, 0.1) is 0 Å². The summed E-state index contributed by atoms with van der Waals surface area (Å²) in [5.41, 5.74) is 0.702. The van der Waals surface area contributed by atoms with Crippen LogP contribution in [0.5, 0.6) is 5.88 Å². The highest BCUT2D eigenvalue weighted by molar-refractivity contribution is 5.89. The lowest BCUT2D eigenvalue weighted by Gasteiger charge is -2.11.